The Kier molecular flexibility index (Phi) is 7.32. The third-order valence-corrected chi connectivity index (χ3v) is 7.71. The van der Waals surface area contributed by atoms with Gasteiger partial charge in [-0.3, -0.25) is 4.79 Å². The van der Waals surface area contributed by atoms with Crippen molar-refractivity contribution in [3.63, 3.8) is 0 Å². The highest BCUT2D eigenvalue weighted by Gasteiger charge is 2.32. The molecule has 1 amide bonds. The summed E-state index contributed by atoms with van der Waals surface area (Å²) in [6.07, 6.45) is 2.75. The quantitative estimate of drug-likeness (QED) is 0.718. The highest BCUT2D eigenvalue weighted by atomic mass is 32.2. The van der Waals surface area contributed by atoms with Gasteiger partial charge in [0.15, 0.2) is 0 Å². The molecule has 0 unspecified atom stereocenters. The number of anilines is 1. The molecule has 6 heteroatoms. The molecular weight excluding hydrogens is 396 g/mol. The molecule has 1 atom stereocenters. The standard InChI is InChI=1S/C24H32N2O3S/c1-18-15-19(2)23(20(3)16-18)25-24(27)22-12-7-13-26(17-22)30(28,29)14-8-11-21-9-5-4-6-10-21/h4-6,9-10,15-16,22H,7-8,11-14,17H2,1-3H3,(H,25,27)/t22-/m0/s1. The molecule has 2 aromatic carbocycles. The molecule has 30 heavy (non-hydrogen) atoms. The van der Waals surface area contributed by atoms with E-state index in [0.717, 1.165) is 34.4 Å². The number of hydrogen-bond donors (Lipinski definition) is 1. The lowest BCUT2D eigenvalue weighted by Gasteiger charge is -2.31. The minimum atomic E-state index is -3.36. The van der Waals surface area contributed by atoms with Crippen LogP contribution in [0.3, 0.4) is 0 Å². The van der Waals surface area contributed by atoms with Crippen LogP contribution in [0.1, 0.15) is 41.5 Å². The first-order valence-corrected chi connectivity index (χ1v) is 12.3. The van der Waals surface area contributed by atoms with Gasteiger partial charge in [-0.25, -0.2) is 12.7 Å². The number of sulfonamides is 1. The zero-order valence-electron chi connectivity index (χ0n) is 18.1. The molecule has 1 fully saturated rings. The predicted molar refractivity (Wildman–Crippen MR) is 122 cm³/mol. The molecule has 0 aliphatic carbocycles. The first-order chi connectivity index (χ1) is 14.3. The number of amides is 1. The Balaban J connectivity index is 1.59. The van der Waals surface area contributed by atoms with Gasteiger partial charge in [0, 0.05) is 18.8 Å². The molecule has 3 rings (SSSR count). The van der Waals surface area contributed by atoms with Crippen LogP contribution < -0.4 is 5.32 Å². The van der Waals surface area contributed by atoms with E-state index in [-0.39, 0.29) is 24.1 Å². The van der Waals surface area contributed by atoms with Crippen molar-refractivity contribution in [3.8, 4) is 0 Å². The van der Waals surface area contributed by atoms with Crippen LogP contribution in [-0.2, 0) is 21.2 Å². The summed E-state index contributed by atoms with van der Waals surface area (Å²) in [7, 11) is -3.36. The number of carbonyl (C=O) groups excluding carboxylic acids is 1. The largest absolute Gasteiger partial charge is 0.325 e. The van der Waals surface area contributed by atoms with Crippen LogP contribution in [0.2, 0.25) is 0 Å². The van der Waals surface area contributed by atoms with Gasteiger partial charge in [-0.1, -0.05) is 48.0 Å². The van der Waals surface area contributed by atoms with Crippen molar-refractivity contribution in [2.45, 2.75) is 46.5 Å². The predicted octanol–water partition coefficient (Wildman–Crippen LogP) is 4.22. The Bertz CT molecular complexity index is 964. The smallest absolute Gasteiger partial charge is 0.228 e. The number of rotatable bonds is 7. The third-order valence-electron chi connectivity index (χ3n) is 5.78. The lowest BCUT2D eigenvalue weighted by atomic mass is 9.98. The van der Waals surface area contributed by atoms with Gasteiger partial charge >= 0.3 is 0 Å². The highest BCUT2D eigenvalue weighted by Crippen LogP contribution is 2.25. The van der Waals surface area contributed by atoms with Gasteiger partial charge in [0.2, 0.25) is 15.9 Å². The monoisotopic (exact) mass is 428 g/mol. The van der Waals surface area contributed by atoms with Crippen LogP contribution in [-0.4, -0.2) is 37.5 Å². The van der Waals surface area contributed by atoms with Gasteiger partial charge < -0.3 is 5.32 Å². The van der Waals surface area contributed by atoms with Crippen molar-refractivity contribution in [1.29, 1.82) is 0 Å². The Morgan fingerprint density at radius 2 is 1.77 bits per heavy atom. The summed E-state index contributed by atoms with van der Waals surface area (Å²) in [4.78, 5) is 12.9. The van der Waals surface area contributed by atoms with Crippen molar-refractivity contribution in [2.75, 3.05) is 24.2 Å². The molecule has 0 saturated carbocycles. The Morgan fingerprint density at radius 1 is 1.10 bits per heavy atom. The summed E-state index contributed by atoms with van der Waals surface area (Å²) < 4.78 is 27.2. The number of piperidine rings is 1. The molecule has 0 spiro atoms. The lowest BCUT2D eigenvalue weighted by Crippen LogP contribution is -2.44. The van der Waals surface area contributed by atoms with Gasteiger partial charge in [0.05, 0.1) is 11.7 Å². The van der Waals surface area contributed by atoms with Crippen molar-refractivity contribution >= 4 is 21.6 Å². The molecule has 0 radical (unpaired) electrons. The summed E-state index contributed by atoms with van der Waals surface area (Å²) in [6.45, 7) is 6.77. The Morgan fingerprint density at radius 3 is 2.43 bits per heavy atom. The molecule has 0 aromatic heterocycles. The summed E-state index contributed by atoms with van der Waals surface area (Å²) in [5, 5.41) is 3.05. The van der Waals surface area contributed by atoms with E-state index in [1.165, 1.54) is 4.31 Å². The zero-order valence-corrected chi connectivity index (χ0v) is 19.0. The average Bonchev–Trinajstić information content (AvgIpc) is 2.71. The first-order valence-electron chi connectivity index (χ1n) is 10.7. The number of hydrogen-bond acceptors (Lipinski definition) is 3. The van der Waals surface area contributed by atoms with Crippen molar-refractivity contribution in [3.05, 3.63) is 64.7 Å². The molecule has 1 N–H and O–H groups in total. The van der Waals surface area contributed by atoms with Crippen LogP contribution in [0.5, 0.6) is 0 Å². The van der Waals surface area contributed by atoms with Gasteiger partial charge in [0.25, 0.3) is 0 Å². The van der Waals surface area contributed by atoms with Crippen LogP contribution in [0.15, 0.2) is 42.5 Å². The fraction of sp³-hybridized carbons (Fsp3) is 0.458. The summed E-state index contributed by atoms with van der Waals surface area (Å²) in [5.74, 6) is -0.288. The fourth-order valence-electron chi connectivity index (χ4n) is 4.24. The topological polar surface area (TPSA) is 66.5 Å². The summed E-state index contributed by atoms with van der Waals surface area (Å²) in [6, 6.07) is 14.0. The summed E-state index contributed by atoms with van der Waals surface area (Å²) in [5.41, 5.74) is 5.21. The van der Waals surface area contributed by atoms with Gasteiger partial charge in [-0.15, -0.1) is 0 Å². The maximum absolute atomic E-state index is 12.9. The maximum atomic E-state index is 12.9. The van der Waals surface area contributed by atoms with E-state index < -0.39 is 10.0 Å². The van der Waals surface area contributed by atoms with E-state index in [0.29, 0.717) is 25.8 Å². The molecule has 1 aliphatic heterocycles. The van der Waals surface area contributed by atoms with E-state index >= 15 is 0 Å². The van der Waals surface area contributed by atoms with E-state index in [4.69, 9.17) is 0 Å². The number of benzene rings is 2. The molecule has 5 nitrogen and oxygen atoms in total. The van der Waals surface area contributed by atoms with E-state index in [1.54, 1.807) is 0 Å². The van der Waals surface area contributed by atoms with Crippen molar-refractivity contribution in [1.82, 2.24) is 4.31 Å². The lowest BCUT2D eigenvalue weighted by molar-refractivity contribution is -0.120. The zero-order chi connectivity index (χ0) is 21.7. The number of aryl methyl sites for hydroxylation is 4. The van der Waals surface area contributed by atoms with Gasteiger partial charge in [0.1, 0.15) is 0 Å². The SMILES string of the molecule is Cc1cc(C)c(NC(=O)[C@H]2CCCN(S(=O)(=O)CCCc3ccccc3)C2)c(C)c1. The van der Waals surface area contributed by atoms with Crippen LogP contribution in [0.25, 0.3) is 0 Å². The second-order valence-corrected chi connectivity index (χ2v) is 10.5. The Hall–Kier alpha value is -2.18. The second-order valence-electron chi connectivity index (χ2n) is 8.37. The normalized spacial score (nSPS) is 17.6. The molecule has 2 aromatic rings. The molecule has 1 aliphatic rings. The minimum absolute atomic E-state index is 0.0887. The van der Waals surface area contributed by atoms with Crippen molar-refractivity contribution in [2.24, 2.45) is 5.92 Å². The molecule has 0 bridgehead atoms. The van der Waals surface area contributed by atoms with E-state index in [2.05, 4.69) is 5.32 Å². The molecule has 162 valence electrons. The third kappa shape index (κ3) is 5.70. The highest BCUT2D eigenvalue weighted by molar-refractivity contribution is 7.89. The molecule has 1 saturated heterocycles. The number of carbonyl (C=O) groups is 1. The number of nitrogens with zero attached hydrogens (tertiary/aromatic N) is 1. The molecule has 1 heterocycles. The maximum Gasteiger partial charge on any atom is 0.228 e. The van der Waals surface area contributed by atoms with Crippen molar-refractivity contribution < 1.29 is 13.2 Å². The van der Waals surface area contributed by atoms with Crippen LogP contribution >= 0.6 is 0 Å². The number of nitrogens with one attached hydrogen (secondary N) is 1. The van der Waals surface area contributed by atoms with Crippen LogP contribution in [0.4, 0.5) is 5.69 Å². The van der Waals surface area contributed by atoms with E-state index in [1.807, 2.05) is 63.2 Å². The van der Waals surface area contributed by atoms with Crippen LogP contribution in [0, 0.1) is 26.7 Å². The van der Waals surface area contributed by atoms with Gasteiger partial charge in [-0.05, 0) is 63.1 Å². The Labute approximate surface area is 180 Å². The summed E-state index contributed by atoms with van der Waals surface area (Å²) >= 11 is 0. The average molecular weight is 429 g/mol. The molecular formula is C24H32N2O3S. The second kappa shape index (κ2) is 9.75. The first kappa shape index (κ1) is 22.5. The fourth-order valence-corrected chi connectivity index (χ4v) is 5.83. The van der Waals surface area contributed by atoms with Gasteiger partial charge in [-0.2, -0.15) is 0 Å². The minimum Gasteiger partial charge on any atom is -0.325 e. The van der Waals surface area contributed by atoms with E-state index in [9.17, 15) is 13.2 Å².